The van der Waals surface area contributed by atoms with E-state index in [1.165, 1.54) is 34.7 Å². The highest BCUT2D eigenvalue weighted by atomic mass is 127. The minimum atomic E-state index is -6.39. The van der Waals surface area contributed by atoms with Crippen molar-refractivity contribution in [1.82, 2.24) is 0 Å². The summed E-state index contributed by atoms with van der Waals surface area (Å²) in [6.07, 6.45) is -7.29. The molecule has 2 nitrogen and oxygen atoms in total. The molecule has 0 fully saturated rings. The molecule has 0 atom stereocenters. The molecule has 0 aliphatic heterocycles. The van der Waals surface area contributed by atoms with E-state index in [-0.39, 0.29) is 5.56 Å². The van der Waals surface area contributed by atoms with Crippen LogP contribution in [0.1, 0.15) is 16.8 Å². The topological polar surface area (TPSA) is 26.3 Å². The third-order valence-corrected chi connectivity index (χ3v) is 3.55. The molecule has 0 aliphatic carbocycles. The second kappa shape index (κ2) is 7.70. The van der Waals surface area contributed by atoms with Crippen LogP contribution in [0.3, 0.4) is 0 Å². The van der Waals surface area contributed by atoms with Crippen molar-refractivity contribution in [2.24, 2.45) is 0 Å². The van der Waals surface area contributed by atoms with Gasteiger partial charge in [0.1, 0.15) is 0 Å². The number of hydrogen-bond donors (Lipinski definition) is 0. The van der Waals surface area contributed by atoms with Crippen LogP contribution in [0.25, 0.3) is 0 Å². The summed E-state index contributed by atoms with van der Waals surface area (Å²) < 4.78 is 92.0. The number of esters is 1. The predicted octanol–water partition coefficient (Wildman–Crippen LogP) is 5.39. The molecule has 1 aromatic carbocycles. The van der Waals surface area contributed by atoms with Gasteiger partial charge in [-0.3, -0.25) is 0 Å². The molecule has 0 spiro atoms. The molecule has 10 heteroatoms. The van der Waals surface area contributed by atoms with Gasteiger partial charge in [0.15, 0.2) is 0 Å². The number of hydrogen-bond acceptors (Lipinski definition) is 2. The number of carbonyl (C=O) groups excluding carboxylic acids is 1. The van der Waals surface area contributed by atoms with Crippen LogP contribution in [0, 0.1) is 0 Å². The third-order valence-electron chi connectivity index (χ3n) is 2.70. The van der Waals surface area contributed by atoms with Gasteiger partial charge in [-0.2, -0.15) is 30.7 Å². The van der Waals surface area contributed by atoms with Crippen molar-refractivity contribution in [2.45, 2.75) is 24.4 Å². The van der Waals surface area contributed by atoms with Crippen molar-refractivity contribution in [2.75, 3.05) is 6.61 Å². The Morgan fingerprint density at radius 1 is 1.04 bits per heavy atom. The molecule has 0 aromatic heterocycles. The van der Waals surface area contributed by atoms with Crippen LogP contribution in [0.2, 0.25) is 0 Å². The first kappa shape index (κ1) is 20.7. The highest BCUT2D eigenvalue weighted by Gasteiger charge is 2.72. The molecule has 0 radical (unpaired) electrons. The van der Waals surface area contributed by atoms with Gasteiger partial charge in [-0.05, 0) is 38.3 Å². The van der Waals surface area contributed by atoms with E-state index in [0.717, 1.165) is 0 Å². The molecule has 0 heterocycles. The van der Waals surface area contributed by atoms with Crippen LogP contribution < -0.4 is 0 Å². The lowest BCUT2D eigenvalue weighted by atomic mass is 10.1. The van der Waals surface area contributed by atoms with E-state index >= 15 is 0 Å². The quantitative estimate of drug-likeness (QED) is 0.317. The Balaban J connectivity index is 2.66. The molecule has 24 heavy (non-hydrogen) atoms. The maximum absolute atomic E-state index is 13.1. The molecule has 134 valence electrons. The van der Waals surface area contributed by atoms with E-state index < -0.39 is 46.7 Å². The largest absolute Gasteiger partial charge is 0.462 e. The van der Waals surface area contributed by atoms with Crippen LogP contribution in [0.5, 0.6) is 0 Å². The van der Waals surface area contributed by atoms with Gasteiger partial charge in [0.2, 0.25) is 0 Å². The van der Waals surface area contributed by atoms with Gasteiger partial charge in [0, 0.05) is 12.5 Å². The van der Waals surface area contributed by atoms with Crippen molar-refractivity contribution in [3.63, 3.8) is 0 Å². The molecule has 0 amide bonds. The summed E-state index contributed by atoms with van der Waals surface area (Å²) in [7, 11) is 0. The normalized spacial score (nSPS) is 13.8. The minimum Gasteiger partial charge on any atom is -0.462 e. The summed E-state index contributed by atoms with van der Waals surface area (Å²) in [6.45, 7) is -0.448. The third kappa shape index (κ3) is 5.08. The summed E-state index contributed by atoms with van der Waals surface area (Å²) in [5.74, 6) is -12.4. The molecule has 0 saturated heterocycles. The first-order valence-electron chi connectivity index (χ1n) is 6.30. The fraction of sp³-hybridized carbons (Fsp3) is 0.357. The number of carbonyl (C=O) groups is 1. The highest BCUT2D eigenvalue weighted by Crippen LogP contribution is 2.47. The van der Waals surface area contributed by atoms with E-state index in [9.17, 15) is 35.5 Å². The zero-order chi connectivity index (χ0) is 18.6. The van der Waals surface area contributed by atoms with Gasteiger partial charge in [-0.25, -0.2) is 4.79 Å². The Labute approximate surface area is 145 Å². The fourth-order valence-electron chi connectivity index (χ4n) is 1.45. The van der Waals surface area contributed by atoms with E-state index in [1.54, 1.807) is 18.2 Å². The van der Waals surface area contributed by atoms with Crippen LogP contribution in [-0.4, -0.2) is 30.6 Å². The number of ether oxygens (including phenoxy) is 1. The molecular formula is C14H10F7IO2. The second-order valence-electron chi connectivity index (χ2n) is 4.54. The predicted molar refractivity (Wildman–Crippen MR) is 79.4 cm³/mol. The maximum Gasteiger partial charge on any atom is 0.460 e. The zero-order valence-corrected chi connectivity index (χ0v) is 13.9. The molecule has 1 aromatic rings. The van der Waals surface area contributed by atoms with Crippen molar-refractivity contribution >= 4 is 28.6 Å². The summed E-state index contributed by atoms with van der Waals surface area (Å²) in [6, 6.07) is 7.62. The van der Waals surface area contributed by atoms with Gasteiger partial charge in [-0.15, -0.1) is 0 Å². The lowest BCUT2D eigenvalue weighted by Gasteiger charge is -2.26. The Hall–Kier alpha value is -1.33. The van der Waals surface area contributed by atoms with Crippen molar-refractivity contribution in [3.8, 4) is 0 Å². The van der Waals surface area contributed by atoms with Crippen LogP contribution in [-0.2, 0) is 4.74 Å². The lowest BCUT2D eigenvalue weighted by molar-refractivity contribution is -0.341. The number of rotatable bonds is 6. The van der Waals surface area contributed by atoms with Gasteiger partial charge < -0.3 is 4.74 Å². The molecule has 1 rings (SSSR count). The smallest absolute Gasteiger partial charge is 0.460 e. The Kier molecular flexibility index (Phi) is 6.65. The molecule has 0 unspecified atom stereocenters. The number of alkyl halides is 7. The molecule has 0 saturated carbocycles. The first-order valence-corrected chi connectivity index (χ1v) is 7.38. The van der Waals surface area contributed by atoms with Crippen molar-refractivity contribution < 1.29 is 40.3 Å². The maximum atomic E-state index is 13.1. The fourth-order valence-corrected chi connectivity index (χ4v) is 2.06. The summed E-state index contributed by atoms with van der Waals surface area (Å²) in [4.78, 5) is 11.5. The van der Waals surface area contributed by atoms with E-state index in [0.29, 0.717) is 0 Å². The van der Waals surface area contributed by atoms with Gasteiger partial charge in [-0.1, -0.05) is 18.2 Å². The van der Waals surface area contributed by atoms with Crippen molar-refractivity contribution in [1.29, 1.82) is 0 Å². The summed E-state index contributed by atoms with van der Waals surface area (Å²) in [5, 5.41) is 0. The van der Waals surface area contributed by atoms with Gasteiger partial charge >= 0.3 is 24.0 Å². The highest BCUT2D eigenvalue weighted by molar-refractivity contribution is 14.1. The lowest BCUT2D eigenvalue weighted by Crippen LogP contribution is -2.50. The first-order chi connectivity index (χ1) is 10.9. The van der Waals surface area contributed by atoms with Crippen LogP contribution in [0.15, 0.2) is 40.0 Å². The van der Waals surface area contributed by atoms with Crippen molar-refractivity contribution in [3.05, 3.63) is 45.6 Å². The van der Waals surface area contributed by atoms with E-state index in [4.69, 9.17) is 4.74 Å². The zero-order valence-electron chi connectivity index (χ0n) is 11.7. The average Bonchev–Trinajstić information content (AvgIpc) is 2.46. The second-order valence-corrected chi connectivity index (χ2v) is 5.92. The summed E-state index contributed by atoms with van der Waals surface area (Å²) in [5.41, 5.74) is 0.186. The van der Waals surface area contributed by atoms with E-state index in [2.05, 4.69) is 0 Å². The number of halogens is 8. The van der Waals surface area contributed by atoms with Crippen LogP contribution in [0.4, 0.5) is 30.7 Å². The monoisotopic (exact) mass is 470 g/mol. The molecule has 0 bridgehead atoms. The SMILES string of the molecule is O=C(OCCC(I)=CC(F)(F)C(F)(F)C(F)(F)F)c1ccccc1. The standard InChI is InChI=1S/C14H10F7IO2/c15-12(16,13(17,18)14(19,20)21)8-10(22)6-7-24-11(23)9-4-2-1-3-5-9/h1-5,8H,6-7H2. The van der Waals surface area contributed by atoms with Gasteiger partial charge in [0.25, 0.3) is 0 Å². The Morgan fingerprint density at radius 3 is 2.08 bits per heavy atom. The Bertz CT molecular complexity index is 597. The summed E-state index contributed by atoms with van der Waals surface area (Å²) >= 11 is 1.19. The number of allylic oxidation sites excluding steroid dienone is 1. The van der Waals surface area contributed by atoms with Crippen LogP contribution >= 0.6 is 22.6 Å². The number of benzene rings is 1. The molecule has 0 N–H and O–H groups in total. The average molecular weight is 470 g/mol. The Morgan fingerprint density at radius 2 is 1.58 bits per heavy atom. The van der Waals surface area contributed by atoms with Gasteiger partial charge in [0.05, 0.1) is 12.2 Å². The molecule has 0 aliphatic rings. The minimum absolute atomic E-state index is 0.186. The molecular weight excluding hydrogens is 460 g/mol. The van der Waals surface area contributed by atoms with E-state index in [1.807, 2.05) is 0 Å².